The zero-order chi connectivity index (χ0) is 19.6. The Morgan fingerprint density at radius 3 is 2.59 bits per heavy atom. The van der Waals surface area contributed by atoms with E-state index in [1.807, 2.05) is 20.8 Å². The SMILES string of the molecule is COC(=O)c1coc(C[C@H]2C[C@@H](C=O)O[C@@H](c3c(C)cc(C)cc3C)O2)n1. The normalized spacial score (nSPS) is 22.4. The first-order valence-electron chi connectivity index (χ1n) is 8.78. The van der Waals surface area contributed by atoms with Crippen molar-refractivity contribution in [1.82, 2.24) is 4.98 Å². The van der Waals surface area contributed by atoms with Crippen molar-refractivity contribution in [2.75, 3.05) is 7.11 Å². The Morgan fingerprint density at radius 1 is 1.26 bits per heavy atom. The van der Waals surface area contributed by atoms with Crippen LogP contribution < -0.4 is 0 Å². The molecule has 2 heterocycles. The minimum atomic E-state index is -0.644. The predicted octanol–water partition coefficient (Wildman–Crippen LogP) is 3.00. The van der Waals surface area contributed by atoms with Crippen LogP contribution in [0, 0.1) is 20.8 Å². The van der Waals surface area contributed by atoms with Crippen molar-refractivity contribution in [1.29, 1.82) is 0 Å². The highest BCUT2D eigenvalue weighted by molar-refractivity contribution is 5.86. The van der Waals surface area contributed by atoms with Crippen LogP contribution in [0.4, 0.5) is 0 Å². The molecule has 0 spiro atoms. The molecule has 3 rings (SSSR count). The lowest BCUT2D eigenvalue weighted by atomic mass is 9.98. The van der Waals surface area contributed by atoms with Crippen LogP contribution in [0.2, 0.25) is 0 Å². The summed E-state index contributed by atoms with van der Waals surface area (Å²) in [5, 5.41) is 0. The van der Waals surface area contributed by atoms with Crippen LogP contribution in [-0.2, 0) is 25.4 Å². The van der Waals surface area contributed by atoms with Crippen molar-refractivity contribution in [2.45, 2.75) is 52.1 Å². The van der Waals surface area contributed by atoms with E-state index in [4.69, 9.17) is 13.9 Å². The van der Waals surface area contributed by atoms with E-state index in [1.54, 1.807) is 0 Å². The molecule has 1 aliphatic heterocycles. The van der Waals surface area contributed by atoms with Gasteiger partial charge in [0.25, 0.3) is 0 Å². The summed E-state index contributed by atoms with van der Waals surface area (Å²) in [6, 6.07) is 4.12. The van der Waals surface area contributed by atoms with Gasteiger partial charge in [0.05, 0.1) is 19.6 Å². The summed E-state index contributed by atoms with van der Waals surface area (Å²) in [4.78, 5) is 27.0. The minimum absolute atomic E-state index is 0.105. The Hall–Kier alpha value is -2.51. The van der Waals surface area contributed by atoms with Crippen LogP contribution in [-0.4, -0.2) is 36.6 Å². The van der Waals surface area contributed by atoms with Gasteiger partial charge >= 0.3 is 5.97 Å². The molecule has 144 valence electrons. The molecule has 0 unspecified atom stereocenters. The predicted molar refractivity (Wildman–Crippen MR) is 95.4 cm³/mol. The number of aryl methyl sites for hydroxylation is 3. The quantitative estimate of drug-likeness (QED) is 0.588. The highest BCUT2D eigenvalue weighted by Crippen LogP contribution is 2.34. The topological polar surface area (TPSA) is 87.9 Å². The summed E-state index contributed by atoms with van der Waals surface area (Å²) < 4.78 is 21.9. The van der Waals surface area contributed by atoms with Crippen molar-refractivity contribution in [3.05, 3.63) is 52.2 Å². The van der Waals surface area contributed by atoms with Crippen LogP contribution in [0.15, 0.2) is 22.8 Å². The van der Waals surface area contributed by atoms with Crippen LogP contribution in [0.3, 0.4) is 0 Å². The van der Waals surface area contributed by atoms with Crippen molar-refractivity contribution < 1.29 is 28.2 Å². The van der Waals surface area contributed by atoms with Gasteiger partial charge in [0.2, 0.25) is 0 Å². The lowest BCUT2D eigenvalue weighted by Gasteiger charge is -2.34. The second-order valence-electron chi connectivity index (χ2n) is 6.77. The van der Waals surface area contributed by atoms with Crippen LogP contribution >= 0.6 is 0 Å². The Kier molecular flexibility index (Phi) is 5.72. The monoisotopic (exact) mass is 373 g/mol. The van der Waals surface area contributed by atoms with Gasteiger partial charge in [-0.05, 0) is 31.9 Å². The van der Waals surface area contributed by atoms with E-state index < -0.39 is 18.4 Å². The van der Waals surface area contributed by atoms with Gasteiger partial charge < -0.3 is 23.4 Å². The Morgan fingerprint density at radius 2 is 1.96 bits per heavy atom. The fraction of sp³-hybridized carbons (Fsp3) is 0.450. The molecule has 1 aliphatic rings. The number of methoxy groups -OCH3 is 1. The van der Waals surface area contributed by atoms with E-state index in [2.05, 4.69) is 21.9 Å². The molecule has 3 atom stereocenters. The van der Waals surface area contributed by atoms with Gasteiger partial charge in [-0.2, -0.15) is 0 Å². The third-order valence-corrected chi connectivity index (χ3v) is 4.58. The molecule has 7 nitrogen and oxygen atoms in total. The lowest BCUT2D eigenvalue weighted by Crippen LogP contribution is -2.36. The molecule has 1 fully saturated rings. The third-order valence-electron chi connectivity index (χ3n) is 4.58. The lowest BCUT2D eigenvalue weighted by molar-refractivity contribution is -0.240. The number of hydrogen-bond acceptors (Lipinski definition) is 7. The first-order valence-corrected chi connectivity index (χ1v) is 8.78. The van der Waals surface area contributed by atoms with E-state index >= 15 is 0 Å². The fourth-order valence-electron chi connectivity index (χ4n) is 3.45. The van der Waals surface area contributed by atoms with E-state index in [0.717, 1.165) is 28.5 Å². The summed E-state index contributed by atoms with van der Waals surface area (Å²) in [7, 11) is 1.28. The number of carbonyl (C=O) groups excluding carboxylic acids is 2. The maximum atomic E-state index is 11.5. The second-order valence-corrected chi connectivity index (χ2v) is 6.77. The van der Waals surface area contributed by atoms with Crippen LogP contribution in [0.25, 0.3) is 0 Å². The van der Waals surface area contributed by atoms with Crippen molar-refractivity contribution >= 4 is 12.3 Å². The molecular formula is C20H23NO6. The van der Waals surface area contributed by atoms with E-state index in [0.29, 0.717) is 18.7 Å². The molecule has 7 heteroatoms. The molecule has 1 aromatic heterocycles. The number of benzene rings is 1. The number of carbonyl (C=O) groups is 2. The van der Waals surface area contributed by atoms with Gasteiger partial charge in [0.15, 0.2) is 17.9 Å². The van der Waals surface area contributed by atoms with Gasteiger partial charge in [-0.3, -0.25) is 0 Å². The summed E-state index contributed by atoms with van der Waals surface area (Å²) in [6.45, 7) is 6.03. The Bertz CT molecular complexity index is 820. The standard InChI is InChI=1S/C20H23NO6/c1-11-5-12(2)18(13(3)6-11)20-26-14(7-15(9-22)27-20)8-17-21-16(10-25-17)19(23)24-4/h5-6,9-10,14-15,20H,7-8H2,1-4H3/t14-,15+,20+/m1/s1. The Labute approximate surface area is 157 Å². The maximum absolute atomic E-state index is 11.5. The summed E-state index contributed by atoms with van der Waals surface area (Å²) in [5.41, 5.74) is 4.29. The highest BCUT2D eigenvalue weighted by Gasteiger charge is 2.33. The number of nitrogens with zero attached hydrogens (tertiary/aromatic N) is 1. The van der Waals surface area contributed by atoms with Gasteiger partial charge in [0, 0.05) is 12.0 Å². The summed E-state index contributed by atoms with van der Waals surface area (Å²) in [6.07, 6.45) is 1.20. The number of oxazole rings is 1. The van der Waals surface area contributed by atoms with E-state index in [1.165, 1.54) is 13.4 Å². The van der Waals surface area contributed by atoms with Gasteiger partial charge in [-0.1, -0.05) is 17.7 Å². The first kappa shape index (κ1) is 19.3. The van der Waals surface area contributed by atoms with Crippen molar-refractivity contribution in [3.8, 4) is 0 Å². The number of rotatable bonds is 5. The van der Waals surface area contributed by atoms with Gasteiger partial charge in [-0.15, -0.1) is 0 Å². The summed E-state index contributed by atoms with van der Waals surface area (Å²) >= 11 is 0. The first-order chi connectivity index (χ1) is 12.9. The van der Waals surface area contributed by atoms with Gasteiger partial charge in [-0.25, -0.2) is 9.78 Å². The number of hydrogen-bond donors (Lipinski definition) is 0. The molecule has 0 saturated carbocycles. The number of ether oxygens (including phenoxy) is 3. The molecule has 27 heavy (non-hydrogen) atoms. The molecule has 0 radical (unpaired) electrons. The van der Waals surface area contributed by atoms with E-state index in [9.17, 15) is 9.59 Å². The van der Waals surface area contributed by atoms with Crippen LogP contribution in [0.5, 0.6) is 0 Å². The molecule has 0 N–H and O–H groups in total. The molecule has 1 aromatic carbocycles. The zero-order valence-corrected chi connectivity index (χ0v) is 15.9. The maximum Gasteiger partial charge on any atom is 0.360 e. The molecule has 0 bridgehead atoms. The minimum Gasteiger partial charge on any atom is -0.464 e. The largest absolute Gasteiger partial charge is 0.464 e. The highest BCUT2D eigenvalue weighted by atomic mass is 16.7. The smallest absolute Gasteiger partial charge is 0.360 e. The average Bonchev–Trinajstić information content (AvgIpc) is 3.08. The number of aldehydes is 1. The number of esters is 1. The van der Waals surface area contributed by atoms with Crippen molar-refractivity contribution in [3.63, 3.8) is 0 Å². The second kappa shape index (κ2) is 8.02. The molecule has 2 aromatic rings. The summed E-state index contributed by atoms with van der Waals surface area (Å²) in [5.74, 6) is -0.213. The fourth-order valence-corrected chi connectivity index (χ4v) is 3.45. The van der Waals surface area contributed by atoms with Gasteiger partial charge in [0.1, 0.15) is 18.7 Å². The molecule has 0 aliphatic carbocycles. The molecular weight excluding hydrogens is 350 g/mol. The zero-order valence-electron chi connectivity index (χ0n) is 15.9. The molecule has 0 amide bonds. The third kappa shape index (κ3) is 4.26. The van der Waals surface area contributed by atoms with E-state index in [-0.39, 0.29) is 11.8 Å². The Balaban J connectivity index is 1.80. The van der Waals surface area contributed by atoms with Crippen molar-refractivity contribution in [2.24, 2.45) is 0 Å². The average molecular weight is 373 g/mol. The molecule has 1 saturated heterocycles. The number of aromatic nitrogens is 1. The van der Waals surface area contributed by atoms with Crippen LogP contribution in [0.1, 0.15) is 51.3 Å².